The number of esters is 1. The van der Waals surface area contributed by atoms with E-state index in [1.54, 1.807) is 0 Å². The number of ether oxygens (including phenoxy) is 1. The molecule has 0 spiro atoms. The highest BCUT2D eigenvalue weighted by Crippen LogP contribution is 2.38. The van der Waals surface area contributed by atoms with Crippen LogP contribution in [0.4, 0.5) is 5.00 Å². The van der Waals surface area contributed by atoms with Crippen molar-refractivity contribution < 1.29 is 14.3 Å². The summed E-state index contributed by atoms with van der Waals surface area (Å²) in [7, 11) is 0. The number of hydrogen-bond acceptors (Lipinski definition) is 4. The van der Waals surface area contributed by atoms with Gasteiger partial charge in [-0.15, -0.1) is 11.3 Å². The Hall–Kier alpha value is -1.66. The maximum absolute atomic E-state index is 12.7. The summed E-state index contributed by atoms with van der Waals surface area (Å²) in [5, 5.41) is 3.41. The van der Waals surface area contributed by atoms with E-state index in [2.05, 4.69) is 21.2 Å². The van der Waals surface area contributed by atoms with Gasteiger partial charge in [0.15, 0.2) is 0 Å². The highest BCUT2D eigenvalue weighted by atomic mass is 79.9. The highest BCUT2D eigenvalue weighted by Gasteiger charge is 2.27. The molecule has 0 saturated carbocycles. The van der Waals surface area contributed by atoms with Crippen LogP contribution in [-0.4, -0.2) is 11.9 Å². The molecule has 0 radical (unpaired) electrons. The Bertz CT molecular complexity index is 785. The lowest BCUT2D eigenvalue weighted by molar-refractivity contribution is -0.114. The number of rotatable bonds is 4. The fourth-order valence-electron chi connectivity index (χ4n) is 2.88. The molecule has 1 aliphatic carbocycles. The molecule has 1 N–H and O–H groups in total. The first-order valence-corrected chi connectivity index (χ1v) is 9.49. The molecule has 0 saturated heterocycles. The Labute approximate surface area is 153 Å². The van der Waals surface area contributed by atoms with Gasteiger partial charge in [-0.05, 0) is 48.9 Å². The van der Waals surface area contributed by atoms with E-state index in [0.717, 1.165) is 41.3 Å². The SMILES string of the molecule is CC(=O)Nc1sc2c(c1C(=O)OCc1cccc(Br)c1)CCCC2. The van der Waals surface area contributed by atoms with Crippen LogP contribution in [0.25, 0.3) is 0 Å². The second-order valence-electron chi connectivity index (χ2n) is 5.80. The number of thiophene rings is 1. The number of nitrogens with one attached hydrogen (secondary N) is 1. The van der Waals surface area contributed by atoms with Crippen LogP contribution in [0.15, 0.2) is 28.7 Å². The minimum atomic E-state index is -0.363. The van der Waals surface area contributed by atoms with Crippen molar-refractivity contribution in [3.63, 3.8) is 0 Å². The van der Waals surface area contributed by atoms with Gasteiger partial charge in [0.25, 0.3) is 0 Å². The summed E-state index contributed by atoms with van der Waals surface area (Å²) in [4.78, 5) is 25.3. The maximum Gasteiger partial charge on any atom is 0.341 e. The molecule has 126 valence electrons. The topological polar surface area (TPSA) is 55.4 Å². The molecule has 1 heterocycles. The Morgan fingerprint density at radius 3 is 2.83 bits per heavy atom. The average Bonchev–Trinajstić information content (AvgIpc) is 2.89. The highest BCUT2D eigenvalue weighted by molar-refractivity contribution is 9.10. The normalized spacial score (nSPS) is 13.2. The van der Waals surface area contributed by atoms with Crippen molar-refractivity contribution in [2.75, 3.05) is 5.32 Å². The molecule has 0 fully saturated rings. The molecule has 0 bridgehead atoms. The minimum absolute atomic E-state index is 0.172. The molecule has 1 aromatic carbocycles. The summed E-state index contributed by atoms with van der Waals surface area (Å²) >= 11 is 4.91. The van der Waals surface area contributed by atoms with Crippen molar-refractivity contribution in [3.05, 3.63) is 50.3 Å². The van der Waals surface area contributed by atoms with Gasteiger partial charge in [0.05, 0.1) is 5.56 Å². The van der Waals surface area contributed by atoms with Crippen molar-refractivity contribution in [2.24, 2.45) is 0 Å². The Balaban J connectivity index is 1.82. The number of benzene rings is 1. The molecule has 3 rings (SSSR count). The van der Waals surface area contributed by atoms with Crippen LogP contribution in [0.5, 0.6) is 0 Å². The van der Waals surface area contributed by atoms with Gasteiger partial charge in [0, 0.05) is 16.3 Å². The number of aryl methyl sites for hydroxylation is 1. The van der Waals surface area contributed by atoms with E-state index in [1.807, 2.05) is 24.3 Å². The van der Waals surface area contributed by atoms with Crippen LogP contribution in [-0.2, 0) is 29.0 Å². The lowest BCUT2D eigenvalue weighted by Crippen LogP contribution is -2.13. The lowest BCUT2D eigenvalue weighted by atomic mass is 9.95. The van der Waals surface area contributed by atoms with Gasteiger partial charge in [-0.2, -0.15) is 0 Å². The molecule has 0 aliphatic heterocycles. The van der Waals surface area contributed by atoms with Crippen molar-refractivity contribution in [3.8, 4) is 0 Å². The van der Waals surface area contributed by atoms with Gasteiger partial charge in [0.2, 0.25) is 5.91 Å². The molecular formula is C18H18BrNO3S. The molecule has 0 unspecified atom stereocenters. The van der Waals surface area contributed by atoms with E-state index in [4.69, 9.17) is 4.74 Å². The number of fused-ring (bicyclic) bond motifs is 1. The van der Waals surface area contributed by atoms with E-state index >= 15 is 0 Å². The quantitative estimate of drug-likeness (QED) is 0.746. The summed E-state index contributed by atoms with van der Waals surface area (Å²) in [5.41, 5.74) is 2.51. The van der Waals surface area contributed by atoms with E-state index in [9.17, 15) is 9.59 Å². The summed E-state index contributed by atoms with van der Waals surface area (Å²) in [6.45, 7) is 1.66. The molecular weight excluding hydrogens is 390 g/mol. The van der Waals surface area contributed by atoms with Crippen molar-refractivity contribution in [1.82, 2.24) is 0 Å². The summed E-state index contributed by atoms with van der Waals surface area (Å²) in [5.74, 6) is -0.534. The van der Waals surface area contributed by atoms with Gasteiger partial charge in [-0.25, -0.2) is 4.79 Å². The molecule has 0 atom stereocenters. The predicted octanol–water partition coefficient (Wildman–Crippen LogP) is 4.70. The van der Waals surface area contributed by atoms with Crippen molar-refractivity contribution >= 4 is 44.1 Å². The Morgan fingerprint density at radius 1 is 1.29 bits per heavy atom. The first kappa shape index (κ1) is 17.2. The van der Waals surface area contributed by atoms with Crippen molar-refractivity contribution in [2.45, 2.75) is 39.2 Å². The third-order valence-corrected chi connectivity index (χ3v) is 5.62. The zero-order valence-electron chi connectivity index (χ0n) is 13.4. The number of amides is 1. The average molecular weight is 408 g/mol. The van der Waals surface area contributed by atoms with Gasteiger partial charge in [-0.1, -0.05) is 28.1 Å². The molecule has 1 aliphatic rings. The van der Waals surface area contributed by atoms with E-state index in [1.165, 1.54) is 23.1 Å². The first-order valence-electron chi connectivity index (χ1n) is 7.88. The summed E-state index contributed by atoms with van der Waals surface area (Å²) in [6.07, 6.45) is 4.02. The van der Waals surface area contributed by atoms with E-state index in [-0.39, 0.29) is 18.5 Å². The first-order chi connectivity index (χ1) is 11.5. The predicted molar refractivity (Wildman–Crippen MR) is 98.5 cm³/mol. The van der Waals surface area contributed by atoms with Gasteiger partial charge >= 0.3 is 5.97 Å². The molecule has 1 aromatic heterocycles. The van der Waals surface area contributed by atoms with Crippen LogP contribution < -0.4 is 5.32 Å². The molecule has 6 heteroatoms. The van der Waals surface area contributed by atoms with Gasteiger partial charge in [0.1, 0.15) is 11.6 Å². The standard InChI is InChI=1S/C18H18BrNO3S/c1-11(21)20-17-16(14-7-2-3-8-15(14)24-17)18(22)23-10-12-5-4-6-13(19)9-12/h4-6,9H,2-3,7-8,10H2,1H3,(H,20,21). The molecule has 1 amide bonds. The van der Waals surface area contributed by atoms with E-state index in [0.29, 0.717) is 10.6 Å². The second-order valence-corrected chi connectivity index (χ2v) is 7.82. The van der Waals surface area contributed by atoms with Crippen LogP contribution in [0.2, 0.25) is 0 Å². The lowest BCUT2D eigenvalue weighted by Gasteiger charge is -2.13. The number of halogens is 1. The third kappa shape index (κ3) is 3.87. The van der Waals surface area contributed by atoms with Crippen LogP contribution >= 0.6 is 27.3 Å². The number of hydrogen-bond donors (Lipinski definition) is 1. The van der Waals surface area contributed by atoms with Crippen LogP contribution in [0, 0.1) is 0 Å². The minimum Gasteiger partial charge on any atom is -0.457 e. The zero-order chi connectivity index (χ0) is 17.1. The van der Waals surface area contributed by atoms with Crippen LogP contribution in [0.3, 0.4) is 0 Å². The van der Waals surface area contributed by atoms with Crippen LogP contribution in [0.1, 0.15) is 46.1 Å². The van der Waals surface area contributed by atoms with E-state index < -0.39 is 0 Å². The van der Waals surface area contributed by atoms with Crippen molar-refractivity contribution in [1.29, 1.82) is 0 Å². The monoisotopic (exact) mass is 407 g/mol. The Kier molecular flexibility index (Phi) is 5.36. The smallest absolute Gasteiger partial charge is 0.341 e. The summed E-state index contributed by atoms with van der Waals surface area (Å²) in [6, 6.07) is 7.67. The number of carbonyl (C=O) groups is 2. The third-order valence-electron chi connectivity index (χ3n) is 3.92. The summed E-state index contributed by atoms with van der Waals surface area (Å²) < 4.78 is 6.46. The molecule has 24 heavy (non-hydrogen) atoms. The zero-order valence-corrected chi connectivity index (χ0v) is 15.8. The Morgan fingerprint density at radius 2 is 2.08 bits per heavy atom. The second kappa shape index (κ2) is 7.49. The fourth-order valence-corrected chi connectivity index (χ4v) is 4.65. The van der Waals surface area contributed by atoms with Gasteiger partial charge < -0.3 is 10.1 Å². The molecule has 4 nitrogen and oxygen atoms in total. The largest absolute Gasteiger partial charge is 0.457 e. The number of anilines is 1. The molecule has 2 aromatic rings. The van der Waals surface area contributed by atoms with Gasteiger partial charge in [-0.3, -0.25) is 4.79 Å². The fraction of sp³-hybridized carbons (Fsp3) is 0.333. The number of carbonyl (C=O) groups excluding carboxylic acids is 2. The maximum atomic E-state index is 12.7.